The summed E-state index contributed by atoms with van der Waals surface area (Å²) in [6.45, 7) is 6.89. The third-order valence-electron chi connectivity index (χ3n) is 3.05. The molecule has 0 aromatic rings. The van der Waals surface area contributed by atoms with Crippen molar-refractivity contribution in [3.05, 3.63) is 0 Å². The molecule has 15 heavy (non-hydrogen) atoms. The lowest BCUT2D eigenvalue weighted by molar-refractivity contribution is -0.127. The van der Waals surface area contributed by atoms with Gasteiger partial charge in [0, 0.05) is 6.04 Å². The lowest BCUT2D eigenvalue weighted by atomic mass is 9.77. The largest absolute Gasteiger partial charge is 0.394 e. The van der Waals surface area contributed by atoms with Gasteiger partial charge >= 0.3 is 0 Å². The first-order valence-corrected chi connectivity index (χ1v) is 5.62. The number of hydrogen-bond acceptors (Lipinski definition) is 3. The molecule has 1 fully saturated rings. The van der Waals surface area contributed by atoms with E-state index in [-0.39, 0.29) is 30.0 Å². The topological polar surface area (TPSA) is 61.4 Å². The van der Waals surface area contributed by atoms with Gasteiger partial charge < -0.3 is 15.7 Å². The number of nitrogens with one attached hydrogen (secondary N) is 2. The second kappa shape index (κ2) is 4.94. The van der Waals surface area contributed by atoms with Crippen LogP contribution in [0.5, 0.6) is 0 Å². The van der Waals surface area contributed by atoms with E-state index in [0.29, 0.717) is 0 Å². The monoisotopic (exact) mass is 214 g/mol. The molecule has 0 bridgehead atoms. The molecule has 0 aromatic carbocycles. The number of rotatable bonds is 3. The van der Waals surface area contributed by atoms with E-state index in [2.05, 4.69) is 24.5 Å². The Morgan fingerprint density at radius 2 is 2.33 bits per heavy atom. The zero-order valence-corrected chi connectivity index (χ0v) is 9.84. The quantitative estimate of drug-likeness (QED) is 0.631. The minimum atomic E-state index is -0.169. The molecule has 1 amide bonds. The van der Waals surface area contributed by atoms with Crippen molar-refractivity contribution in [1.82, 2.24) is 10.6 Å². The molecule has 1 aliphatic heterocycles. The molecule has 1 rings (SSSR count). The summed E-state index contributed by atoms with van der Waals surface area (Å²) < 4.78 is 0. The van der Waals surface area contributed by atoms with Crippen molar-refractivity contribution < 1.29 is 9.90 Å². The molecule has 0 aliphatic carbocycles. The van der Waals surface area contributed by atoms with E-state index in [9.17, 15) is 4.79 Å². The van der Waals surface area contributed by atoms with Crippen LogP contribution in [0.15, 0.2) is 0 Å². The summed E-state index contributed by atoms with van der Waals surface area (Å²) in [4.78, 5) is 11.9. The number of hydrogen-bond donors (Lipinski definition) is 3. The maximum atomic E-state index is 11.9. The molecular formula is C11H22N2O2. The third kappa shape index (κ3) is 3.18. The second-order valence-electron chi connectivity index (χ2n) is 5.07. The molecule has 0 spiro atoms. The Kier molecular flexibility index (Phi) is 4.11. The Morgan fingerprint density at radius 3 is 2.87 bits per heavy atom. The fourth-order valence-electron chi connectivity index (χ4n) is 2.03. The van der Waals surface area contributed by atoms with Crippen molar-refractivity contribution in [1.29, 1.82) is 0 Å². The first-order valence-electron chi connectivity index (χ1n) is 5.62. The molecule has 1 aliphatic rings. The average Bonchev–Trinajstić information content (AvgIpc) is 2.16. The molecule has 1 saturated heterocycles. The van der Waals surface area contributed by atoms with Crippen molar-refractivity contribution in [2.24, 2.45) is 5.41 Å². The van der Waals surface area contributed by atoms with E-state index in [0.717, 1.165) is 19.4 Å². The Hall–Kier alpha value is -0.610. The zero-order valence-electron chi connectivity index (χ0n) is 9.84. The lowest BCUT2D eigenvalue weighted by Gasteiger charge is -2.38. The summed E-state index contributed by atoms with van der Waals surface area (Å²) in [7, 11) is 0. The normalized spacial score (nSPS) is 27.1. The molecular weight excluding hydrogens is 192 g/mol. The summed E-state index contributed by atoms with van der Waals surface area (Å²) in [5.41, 5.74) is -0.00247. The number of aliphatic hydroxyl groups excluding tert-OH is 1. The molecule has 2 atom stereocenters. The fourth-order valence-corrected chi connectivity index (χ4v) is 2.03. The molecule has 0 radical (unpaired) electrons. The van der Waals surface area contributed by atoms with Crippen molar-refractivity contribution in [2.45, 2.75) is 45.7 Å². The first kappa shape index (κ1) is 12.5. The Bertz CT molecular complexity index is 229. The second-order valence-corrected chi connectivity index (χ2v) is 5.07. The highest BCUT2D eigenvalue weighted by atomic mass is 16.3. The maximum absolute atomic E-state index is 11.9. The van der Waals surface area contributed by atoms with E-state index < -0.39 is 0 Å². The lowest BCUT2D eigenvalue weighted by Crippen LogP contribution is -2.57. The van der Waals surface area contributed by atoms with Crippen LogP contribution in [0, 0.1) is 5.41 Å². The molecule has 2 unspecified atom stereocenters. The average molecular weight is 214 g/mol. The summed E-state index contributed by atoms with van der Waals surface area (Å²) in [5.74, 6) is 0.00116. The van der Waals surface area contributed by atoms with Crippen LogP contribution in [0.3, 0.4) is 0 Å². The zero-order chi connectivity index (χ0) is 11.5. The van der Waals surface area contributed by atoms with Gasteiger partial charge in [0.1, 0.15) is 0 Å². The van der Waals surface area contributed by atoms with E-state index in [4.69, 9.17) is 5.11 Å². The molecule has 4 heteroatoms. The molecule has 88 valence electrons. The van der Waals surface area contributed by atoms with Gasteiger partial charge in [-0.15, -0.1) is 0 Å². The summed E-state index contributed by atoms with van der Waals surface area (Å²) in [6, 6.07) is -0.308. The summed E-state index contributed by atoms with van der Waals surface area (Å²) in [6.07, 6.45) is 2.18. The smallest absolute Gasteiger partial charge is 0.237 e. The van der Waals surface area contributed by atoms with Gasteiger partial charge in [-0.25, -0.2) is 0 Å². The fraction of sp³-hybridized carbons (Fsp3) is 0.909. The number of amides is 1. The van der Waals surface area contributed by atoms with Crippen molar-refractivity contribution >= 4 is 5.91 Å². The van der Waals surface area contributed by atoms with Crippen molar-refractivity contribution in [3.63, 3.8) is 0 Å². The highest BCUT2D eigenvalue weighted by molar-refractivity contribution is 5.83. The first-order chi connectivity index (χ1) is 6.97. The van der Waals surface area contributed by atoms with Gasteiger partial charge in [0.15, 0.2) is 0 Å². The number of piperidine rings is 1. The predicted molar refractivity (Wildman–Crippen MR) is 59.5 cm³/mol. The Balaban J connectivity index is 2.57. The Labute approximate surface area is 91.4 Å². The SMILES string of the molecule is CC(CO)NC(=O)C1NCCCC1(C)C. The minimum Gasteiger partial charge on any atom is -0.394 e. The van der Waals surface area contributed by atoms with Crippen LogP contribution in [-0.2, 0) is 4.79 Å². The number of aliphatic hydroxyl groups is 1. The van der Waals surface area contributed by atoms with Gasteiger partial charge in [-0.05, 0) is 31.7 Å². The van der Waals surface area contributed by atoms with Gasteiger partial charge in [0.25, 0.3) is 0 Å². The van der Waals surface area contributed by atoms with Crippen LogP contribution < -0.4 is 10.6 Å². The number of carbonyl (C=O) groups excluding carboxylic acids is 1. The van der Waals surface area contributed by atoms with E-state index >= 15 is 0 Å². The van der Waals surface area contributed by atoms with Crippen molar-refractivity contribution in [3.8, 4) is 0 Å². The van der Waals surface area contributed by atoms with Crippen LogP contribution in [0.2, 0.25) is 0 Å². The van der Waals surface area contributed by atoms with Crippen LogP contribution in [0.4, 0.5) is 0 Å². The third-order valence-corrected chi connectivity index (χ3v) is 3.05. The molecule has 1 heterocycles. The van der Waals surface area contributed by atoms with Crippen LogP contribution >= 0.6 is 0 Å². The van der Waals surface area contributed by atoms with Gasteiger partial charge in [-0.2, -0.15) is 0 Å². The highest BCUT2D eigenvalue weighted by Gasteiger charge is 2.37. The van der Waals surface area contributed by atoms with E-state index in [1.165, 1.54) is 0 Å². The van der Waals surface area contributed by atoms with E-state index in [1.54, 1.807) is 6.92 Å². The van der Waals surface area contributed by atoms with Gasteiger partial charge in [0.2, 0.25) is 5.91 Å². The van der Waals surface area contributed by atoms with Gasteiger partial charge in [-0.1, -0.05) is 13.8 Å². The Morgan fingerprint density at radius 1 is 1.67 bits per heavy atom. The number of carbonyl (C=O) groups is 1. The summed E-state index contributed by atoms with van der Waals surface area (Å²) >= 11 is 0. The predicted octanol–water partition coefficient (Wildman–Crippen LogP) is 0.262. The van der Waals surface area contributed by atoms with Crippen molar-refractivity contribution in [2.75, 3.05) is 13.2 Å². The standard InChI is InChI=1S/C11H22N2O2/c1-8(7-14)13-10(15)9-11(2,3)5-4-6-12-9/h8-9,12,14H,4-7H2,1-3H3,(H,13,15). The van der Waals surface area contributed by atoms with Crippen LogP contribution in [0.25, 0.3) is 0 Å². The van der Waals surface area contributed by atoms with Gasteiger partial charge in [-0.3, -0.25) is 4.79 Å². The molecule has 0 aromatic heterocycles. The van der Waals surface area contributed by atoms with Crippen LogP contribution in [-0.4, -0.2) is 36.2 Å². The summed E-state index contributed by atoms with van der Waals surface area (Å²) in [5, 5.41) is 14.9. The van der Waals surface area contributed by atoms with E-state index in [1.807, 2.05) is 0 Å². The maximum Gasteiger partial charge on any atom is 0.237 e. The molecule has 0 saturated carbocycles. The molecule has 4 nitrogen and oxygen atoms in total. The molecule has 3 N–H and O–H groups in total. The highest BCUT2D eigenvalue weighted by Crippen LogP contribution is 2.30. The minimum absolute atomic E-state index is 0.00116. The van der Waals surface area contributed by atoms with Gasteiger partial charge in [0.05, 0.1) is 12.6 Å². The van der Waals surface area contributed by atoms with Crippen LogP contribution in [0.1, 0.15) is 33.6 Å².